The Balaban J connectivity index is 1.56. The van der Waals surface area contributed by atoms with Crippen LogP contribution in [0.1, 0.15) is 41.8 Å². The van der Waals surface area contributed by atoms with Crippen LogP contribution in [0.4, 0.5) is 0 Å². The zero-order chi connectivity index (χ0) is 16.2. The maximum atomic E-state index is 4.27. The van der Waals surface area contributed by atoms with Crippen molar-refractivity contribution in [3.63, 3.8) is 0 Å². The minimum absolute atomic E-state index is 0.197. The minimum atomic E-state index is 0.197. The molecule has 2 atom stereocenters. The van der Waals surface area contributed by atoms with Crippen molar-refractivity contribution in [2.45, 2.75) is 31.3 Å². The third-order valence-corrected chi connectivity index (χ3v) is 4.87. The summed E-state index contributed by atoms with van der Waals surface area (Å²) in [5.41, 5.74) is 2.73. The number of nitrogens with zero attached hydrogens (tertiary/aromatic N) is 4. The maximum absolute atomic E-state index is 4.27. The SMILES string of the molecule is c1ccc(CN2CCC(c3ccccc3)CC2c2nn[nH]n2)cc1. The molecule has 0 bridgehead atoms. The molecule has 0 radical (unpaired) electrons. The molecular weight excluding hydrogens is 298 g/mol. The first-order valence-corrected chi connectivity index (χ1v) is 8.46. The Morgan fingerprint density at radius 1 is 1.00 bits per heavy atom. The predicted molar refractivity (Wildman–Crippen MR) is 92.2 cm³/mol. The fraction of sp³-hybridized carbons (Fsp3) is 0.316. The van der Waals surface area contributed by atoms with E-state index < -0.39 is 0 Å². The first-order chi connectivity index (χ1) is 11.9. The fourth-order valence-corrected chi connectivity index (χ4v) is 3.63. The second-order valence-corrected chi connectivity index (χ2v) is 6.37. The lowest BCUT2D eigenvalue weighted by atomic mass is 9.85. The number of hydrogen-bond donors (Lipinski definition) is 1. The molecule has 1 aromatic heterocycles. The Labute approximate surface area is 141 Å². The largest absolute Gasteiger partial charge is 0.289 e. The summed E-state index contributed by atoms with van der Waals surface area (Å²) in [7, 11) is 0. The van der Waals surface area contributed by atoms with Crippen molar-refractivity contribution in [3.8, 4) is 0 Å². The van der Waals surface area contributed by atoms with Crippen LogP contribution in [0, 0.1) is 0 Å². The molecule has 2 aromatic carbocycles. The molecule has 0 aliphatic carbocycles. The molecule has 1 fully saturated rings. The maximum Gasteiger partial charge on any atom is 0.191 e. The van der Waals surface area contributed by atoms with Crippen molar-refractivity contribution < 1.29 is 0 Å². The molecule has 1 N–H and O–H groups in total. The Hall–Kier alpha value is -2.53. The van der Waals surface area contributed by atoms with Gasteiger partial charge in [-0.2, -0.15) is 5.21 Å². The van der Waals surface area contributed by atoms with Gasteiger partial charge in [0.2, 0.25) is 0 Å². The van der Waals surface area contributed by atoms with E-state index in [0.29, 0.717) is 5.92 Å². The Morgan fingerprint density at radius 2 is 1.75 bits per heavy atom. The number of piperidine rings is 1. The molecule has 4 rings (SSSR count). The fourth-order valence-electron chi connectivity index (χ4n) is 3.63. The lowest BCUT2D eigenvalue weighted by Gasteiger charge is -2.38. The van der Waals surface area contributed by atoms with Gasteiger partial charge in [-0.3, -0.25) is 4.90 Å². The quantitative estimate of drug-likeness (QED) is 0.801. The van der Waals surface area contributed by atoms with Gasteiger partial charge in [-0.15, -0.1) is 10.2 Å². The van der Waals surface area contributed by atoms with Crippen molar-refractivity contribution in [3.05, 3.63) is 77.6 Å². The normalized spacial score (nSPS) is 21.7. The van der Waals surface area contributed by atoms with Crippen molar-refractivity contribution in [2.24, 2.45) is 0 Å². The van der Waals surface area contributed by atoms with Crippen LogP contribution in [0.5, 0.6) is 0 Å². The summed E-state index contributed by atoms with van der Waals surface area (Å²) in [4.78, 5) is 2.47. The van der Waals surface area contributed by atoms with Gasteiger partial charge >= 0.3 is 0 Å². The number of hydrogen-bond acceptors (Lipinski definition) is 4. The third-order valence-electron chi connectivity index (χ3n) is 4.87. The van der Waals surface area contributed by atoms with E-state index in [9.17, 15) is 0 Å². The number of benzene rings is 2. The van der Waals surface area contributed by atoms with Crippen LogP contribution >= 0.6 is 0 Å². The zero-order valence-electron chi connectivity index (χ0n) is 13.5. The number of H-pyrrole nitrogens is 1. The molecule has 0 amide bonds. The highest BCUT2D eigenvalue weighted by Crippen LogP contribution is 2.38. The summed E-state index contributed by atoms with van der Waals surface area (Å²) in [5.74, 6) is 1.34. The molecule has 2 unspecified atom stereocenters. The van der Waals surface area contributed by atoms with Crippen LogP contribution < -0.4 is 0 Å². The third kappa shape index (κ3) is 3.21. The molecule has 0 spiro atoms. The molecule has 1 aliphatic heterocycles. The lowest BCUT2D eigenvalue weighted by molar-refractivity contribution is 0.120. The summed E-state index contributed by atoms with van der Waals surface area (Å²) in [5, 5.41) is 14.9. The molecule has 5 nitrogen and oxygen atoms in total. The topological polar surface area (TPSA) is 57.7 Å². The van der Waals surface area contributed by atoms with Crippen molar-refractivity contribution in [1.82, 2.24) is 25.5 Å². The lowest BCUT2D eigenvalue weighted by Crippen LogP contribution is -2.36. The molecule has 3 aromatic rings. The minimum Gasteiger partial charge on any atom is -0.289 e. The van der Waals surface area contributed by atoms with Crippen LogP contribution in [0.25, 0.3) is 0 Å². The van der Waals surface area contributed by atoms with Gasteiger partial charge in [0.15, 0.2) is 5.82 Å². The van der Waals surface area contributed by atoms with E-state index in [0.717, 1.165) is 31.8 Å². The van der Waals surface area contributed by atoms with Crippen LogP contribution in [0.15, 0.2) is 60.7 Å². The highest BCUT2D eigenvalue weighted by atomic mass is 15.5. The molecule has 5 heteroatoms. The van der Waals surface area contributed by atoms with Crippen LogP contribution in [0.2, 0.25) is 0 Å². The second-order valence-electron chi connectivity index (χ2n) is 6.37. The molecule has 122 valence electrons. The van der Waals surface area contributed by atoms with Gasteiger partial charge in [-0.1, -0.05) is 65.9 Å². The van der Waals surface area contributed by atoms with Gasteiger partial charge in [0.1, 0.15) is 0 Å². The Bertz CT molecular complexity index is 742. The van der Waals surface area contributed by atoms with Crippen molar-refractivity contribution in [1.29, 1.82) is 0 Å². The summed E-state index contributed by atoms with van der Waals surface area (Å²) < 4.78 is 0. The summed E-state index contributed by atoms with van der Waals surface area (Å²) in [6.07, 6.45) is 2.18. The van der Waals surface area contributed by atoms with E-state index in [2.05, 4.69) is 86.2 Å². The van der Waals surface area contributed by atoms with Gasteiger partial charge < -0.3 is 0 Å². The Morgan fingerprint density at radius 3 is 2.46 bits per heavy atom. The molecule has 1 aliphatic rings. The van der Waals surface area contributed by atoms with Gasteiger partial charge in [0, 0.05) is 6.54 Å². The number of rotatable bonds is 4. The number of tetrazole rings is 1. The molecule has 0 saturated carbocycles. The highest BCUT2D eigenvalue weighted by molar-refractivity contribution is 5.22. The number of likely N-dealkylation sites (tertiary alicyclic amines) is 1. The Kier molecular flexibility index (Phi) is 4.34. The van der Waals surface area contributed by atoms with Crippen molar-refractivity contribution >= 4 is 0 Å². The molecule has 2 heterocycles. The monoisotopic (exact) mass is 319 g/mol. The first-order valence-electron chi connectivity index (χ1n) is 8.46. The standard InChI is InChI=1S/C19H21N5/c1-3-7-15(8-4-1)14-24-12-11-17(16-9-5-2-6-10-16)13-18(24)19-20-22-23-21-19/h1-10,17-18H,11-14H2,(H,20,21,22,23). The van der Waals surface area contributed by atoms with E-state index in [-0.39, 0.29) is 6.04 Å². The summed E-state index contributed by atoms with van der Waals surface area (Å²) >= 11 is 0. The number of aromatic nitrogens is 4. The van der Waals surface area contributed by atoms with E-state index in [4.69, 9.17) is 0 Å². The average Bonchev–Trinajstić information content (AvgIpc) is 3.18. The van der Waals surface area contributed by atoms with E-state index in [1.807, 2.05) is 0 Å². The first kappa shape index (κ1) is 15.0. The molecule has 24 heavy (non-hydrogen) atoms. The van der Waals surface area contributed by atoms with Crippen LogP contribution in [0.3, 0.4) is 0 Å². The number of nitrogens with one attached hydrogen (secondary N) is 1. The van der Waals surface area contributed by atoms with Crippen molar-refractivity contribution in [2.75, 3.05) is 6.54 Å². The summed E-state index contributed by atoms with van der Waals surface area (Å²) in [6.45, 7) is 1.95. The molecule has 1 saturated heterocycles. The smallest absolute Gasteiger partial charge is 0.191 e. The van der Waals surface area contributed by atoms with E-state index >= 15 is 0 Å². The predicted octanol–water partition coefficient (Wildman–Crippen LogP) is 3.32. The van der Waals surface area contributed by atoms with Crippen LogP contribution in [-0.2, 0) is 6.54 Å². The molecular formula is C19H21N5. The van der Waals surface area contributed by atoms with Gasteiger partial charge in [-0.25, -0.2) is 0 Å². The summed E-state index contributed by atoms with van der Waals surface area (Å²) in [6, 6.07) is 21.6. The number of aromatic amines is 1. The zero-order valence-corrected chi connectivity index (χ0v) is 13.5. The second kappa shape index (κ2) is 6.93. The van der Waals surface area contributed by atoms with Gasteiger partial charge in [0.05, 0.1) is 6.04 Å². The average molecular weight is 319 g/mol. The van der Waals surface area contributed by atoms with E-state index in [1.165, 1.54) is 11.1 Å². The van der Waals surface area contributed by atoms with Crippen LogP contribution in [-0.4, -0.2) is 32.1 Å². The van der Waals surface area contributed by atoms with E-state index in [1.54, 1.807) is 0 Å². The highest BCUT2D eigenvalue weighted by Gasteiger charge is 2.32. The van der Waals surface area contributed by atoms with Gasteiger partial charge in [0.25, 0.3) is 0 Å². The van der Waals surface area contributed by atoms with Gasteiger partial charge in [-0.05, 0) is 36.4 Å².